The van der Waals surface area contributed by atoms with Crippen LogP contribution in [0.25, 0.3) is 0 Å². The van der Waals surface area contributed by atoms with Gasteiger partial charge in [-0.15, -0.1) is 0 Å². The van der Waals surface area contributed by atoms with Gasteiger partial charge in [0.05, 0.1) is 12.7 Å². The van der Waals surface area contributed by atoms with Gasteiger partial charge in [0.1, 0.15) is 12.0 Å². The quantitative estimate of drug-likeness (QED) is 0.597. The number of benzene rings is 1. The molecule has 94 valence electrons. The van der Waals surface area contributed by atoms with E-state index in [1.54, 1.807) is 25.3 Å². The van der Waals surface area contributed by atoms with Crippen LogP contribution in [0, 0.1) is 0 Å². The summed E-state index contributed by atoms with van der Waals surface area (Å²) in [6.45, 7) is 4.13. The first-order valence-electron chi connectivity index (χ1n) is 5.35. The maximum atomic E-state index is 11.3. The Bertz CT molecular complexity index is 390. The second-order valence-corrected chi connectivity index (χ2v) is 8.49. The van der Waals surface area contributed by atoms with E-state index < -0.39 is 8.32 Å². The summed E-state index contributed by atoms with van der Waals surface area (Å²) in [5.74, 6) is 0.296. The Balaban J connectivity index is 2.70. The highest BCUT2D eigenvalue weighted by molar-refractivity contribution is 6.71. The average molecular weight is 254 g/mol. The summed E-state index contributed by atoms with van der Waals surface area (Å²) in [6.07, 6.45) is 0.550. The van der Waals surface area contributed by atoms with Gasteiger partial charge < -0.3 is 13.9 Å². The molecule has 0 radical (unpaired) electrons. The van der Waals surface area contributed by atoms with E-state index in [9.17, 15) is 4.79 Å². The molecule has 0 aliphatic rings. The summed E-state index contributed by atoms with van der Waals surface area (Å²) >= 11 is 0. The van der Waals surface area contributed by atoms with Crippen molar-refractivity contribution in [2.75, 3.05) is 20.4 Å². The SMILES string of the molecule is COC(=O)c1cccc(OC[Si](C)(C)OC)c1. The zero-order valence-electron chi connectivity index (χ0n) is 10.6. The third-order valence-electron chi connectivity index (χ3n) is 2.39. The number of rotatable bonds is 5. The van der Waals surface area contributed by atoms with Crippen LogP contribution in [0.4, 0.5) is 0 Å². The van der Waals surface area contributed by atoms with Crippen LogP contribution in [0.3, 0.4) is 0 Å². The van der Waals surface area contributed by atoms with Gasteiger partial charge in [-0.1, -0.05) is 6.07 Å². The second-order valence-electron chi connectivity index (χ2n) is 4.27. The van der Waals surface area contributed by atoms with Crippen molar-refractivity contribution in [2.45, 2.75) is 13.1 Å². The summed E-state index contributed by atoms with van der Waals surface area (Å²) in [5.41, 5.74) is 0.488. The standard InChI is InChI=1S/C12H18O4Si/c1-14-12(13)10-6-5-7-11(8-10)16-9-17(3,4)15-2/h5-8H,9H2,1-4H3. The molecule has 0 unspecified atom stereocenters. The monoisotopic (exact) mass is 254 g/mol. The third kappa shape index (κ3) is 4.20. The van der Waals surface area contributed by atoms with Crippen molar-refractivity contribution in [2.24, 2.45) is 0 Å². The number of ether oxygens (including phenoxy) is 2. The molecule has 0 spiro atoms. The predicted octanol–water partition coefficient (Wildman–Crippen LogP) is 2.24. The predicted molar refractivity (Wildman–Crippen MR) is 67.8 cm³/mol. The Hall–Kier alpha value is -1.33. The highest BCUT2D eigenvalue weighted by atomic mass is 28.4. The van der Waals surface area contributed by atoms with Crippen molar-refractivity contribution in [1.29, 1.82) is 0 Å². The highest BCUT2D eigenvalue weighted by Crippen LogP contribution is 2.15. The molecule has 17 heavy (non-hydrogen) atoms. The van der Waals surface area contributed by atoms with Gasteiger partial charge in [-0.05, 0) is 31.3 Å². The molecule has 0 heterocycles. The van der Waals surface area contributed by atoms with Crippen molar-refractivity contribution in [3.8, 4) is 5.75 Å². The lowest BCUT2D eigenvalue weighted by molar-refractivity contribution is 0.0600. The van der Waals surface area contributed by atoms with Crippen molar-refractivity contribution in [3.63, 3.8) is 0 Å². The first-order valence-corrected chi connectivity index (χ1v) is 8.46. The molecular formula is C12H18O4Si. The van der Waals surface area contributed by atoms with E-state index in [4.69, 9.17) is 9.16 Å². The third-order valence-corrected chi connectivity index (χ3v) is 4.34. The van der Waals surface area contributed by atoms with Gasteiger partial charge in [-0.2, -0.15) is 0 Å². The Morgan fingerprint density at radius 3 is 2.59 bits per heavy atom. The fraction of sp³-hybridized carbons (Fsp3) is 0.417. The maximum absolute atomic E-state index is 11.3. The number of hydrogen-bond acceptors (Lipinski definition) is 4. The van der Waals surface area contributed by atoms with Crippen molar-refractivity contribution < 1.29 is 18.7 Å². The summed E-state index contributed by atoms with van der Waals surface area (Å²) in [7, 11) is 1.30. The molecule has 1 rings (SSSR count). The lowest BCUT2D eigenvalue weighted by Gasteiger charge is -2.20. The Kier molecular flexibility index (Phi) is 4.71. The number of hydrogen-bond donors (Lipinski definition) is 0. The van der Waals surface area contributed by atoms with Gasteiger partial charge in [-0.25, -0.2) is 4.79 Å². The van der Waals surface area contributed by atoms with Crippen LogP contribution in [0.5, 0.6) is 5.75 Å². The van der Waals surface area contributed by atoms with E-state index in [1.807, 2.05) is 6.07 Å². The Morgan fingerprint density at radius 1 is 1.29 bits per heavy atom. The molecule has 0 aromatic heterocycles. The van der Waals surface area contributed by atoms with E-state index in [1.165, 1.54) is 7.11 Å². The van der Waals surface area contributed by atoms with Crippen LogP contribution in [0.15, 0.2) is 24.3 Å². The average Bonchev–Trinajstić information content (AvgIpc) is 2.36. The molecule has 0 aliphatic heterocycles. The van der Waals surface area contributed by atoms with Crippen LogP contribution in [0.1, 0.15) is 10.4 Å². The molecule has 0 atom stereocenters. The lowest BCUT2D eigenvalue weighted by Crippen LogP contribution is -2.37. The zero-order valence-corrected chi connectivity index (χ0v) is 11.6. The largest absolute Gasteiger partial charge is 0.494 e. The molecular weight excluding hydrogens is 236 g/mol. The fourth-order valence-corrected chi connectivity index (χ4v) is 1.78. The summed E-state index contributed by atoms with van der Waals surface area (Å²) < 4.78 is 15.7. The molecule has 0 N–H and O–H groups in total. The van der Waals surface area contributed by atoms with Crippen LogP contribution in [-0.4, -0.2) is 34.7 Å². The molecule has 1 aromatic carbocycles. The van der Waals surface area contributed by atoms with E-state index in [0.29, 0.717) is 17.5 Å². The number of esters is 1. The zero-order chi connectivity index (χ0) is 12.9. The van der Waals surface area contributed by atoms with Crippen LogP contribution >= 0.6 is 0 Å². The van der Waals surface area contributed by atoms with Crippen LogP contribution in [0.2, 0.25) is 13.1 Å². The molecule has 0 aliphatic carbocycles. The maximum Gasteiger partial charge on any atom is 0.337 e. The highest BCUT2D eigenvalue weighted by Gasteiger charge is 2.21. The summed E-state index contributed by atoms with van der Waals surface area (Å²) in [6, 6.07) is 6.94. The first kappa shape index (κ1) is 13.7. The van der Waals surface area contributed by atoms with Gasteiger partial charge in [0.25, 0.3) is 0 Å². The van der Waals surface area contributed by atoms with Gasteiger partial charge in [0.2, 0.25) is 8.32 Å². The van der Waals surface area contributed by atoms with Crippen molar-refractivity contribution >= 4 is 14.3 Å². The van der Waals surface area contributed by atoms with E-state index in [0.717, 1.165) is 0 Å². The molecule has 5 heteroatoms. The summed E-state index contributed by atoms with van der Waals surface area (Å²) in [5, 5.41) is 0. The number of carbonyl (C=O) groups excluding carboxylic acids is 1. The molecule has 0 fully saturated rings. The fourth-order valence-electron chi connectivity index (χ4n) is 1.15. The molecule has 0 bridgehead atoms. The first-order chi connectivity index (χ1) is 7.98. The number of carbonyl (C=O) groups is 1. The van der Waals surface area contributed by atoms with Gasteiger partial charge in [0, 0.05) is 7.11 Å². The van der Waals surface area contributed by atoms with E-state index in [2.05, 4.69) is 17.8 Å². The smallest absolute Gasteiger partial charge is 0.337 e. The normalized spacial score (nSPS) is 11.1. The molecule has 1 aromatic rings. The van der Waals surface area contributed by atoms with Gasteiger partial charge in [-0.3, -0.25) is 0 Å². The minimum absolute atomic E-state index is 0.362. The summed E-state index contributed by atoms with van der Waals surface area (Å²) in [4.78, 5) is 11.3. The number of methoxy groups -OCH3 is 1. The van der Waals surface area contributed by atoms with Gasteiger partial charge >= 0.3 is 5.97 Å². The molecule has 0 saturated carbocycles. The van der Waals surface area contributed by atoms with E-state index in [-0.39, 0.29) is 5.97 Å². The minimum Gasteiger partial charge on any atom is -0.494 e. The topological polar surface area (TPSA) is 44.8 Å². The lowest BCUT2D eigenvalue weighted by atomic mass is 10.2. The minimum atomic E-state index is -1.75. The molecule has 0 amide bonds. The Morgan fingerprint density at radius 2 is 2.00 bits per heavy atom. The Labute approximate surface area is 103 Å². The van der Waals surface area contributed by atoms with E-state index >= 15 is 0 Å². The van der Waals surface area contributed by atoms with Crippen LogP contribution in [-0.2, 0) is 9.16 Å². The van der Waals surface area contributed by atoms with Crippen LogP contribution < -0.4 is 4.74 Å². The van der Waals surface area contributed by atoms with Crippen molar-refractivity contribution in [3.05, 3.63) is 29.8 Å². The van der Waals surface area contributed by atoms with Crippen molar-refractivity contribution in [1.82, 2.24) is 0 Å². The second kappa shape index (κ2) is 5.84. The molecule has 0 saturated heterocycles. The van der Waals surface area contributed by atoms with Gasteiger partial charge in [0.15, 0.2) is 0 Å². The molecule has 4 nitrogen and oxygen atoms in total.